The van der Waals surface area contributed by atoms with Crippen molar-refractivity contribution in [2.45, 2.75) is 56.3 Å². The lowest BCUT2D eigenvalue weighted by Gasteiger charge is -2.26. The molecule has 8 nitrogen and oxygen atoms in total. The van der Waals surface area contributed by atoms with Crippen LogP contribution in [0.2, 0.25) is 0 Å². The van der Waals surface area contributed by atoms with E-state index >= 15 is 0 Å². The van der Waals surface area contributed by atoms with Crippen molar-refractivity contribution in [1.82, 2.24) is 19.7 Å². The summed E-state index contributed by atoms with van der Waals surface area (Å²) in [5.41, 5.74) is 0.959. The quantitative estimate of drug-likeness (QED) is 0.558. The predicted octanol–water partition coefficient (Wildman–Crippen LogP) is 3.87. The van der Waals surface area contributed by atoms with Crippen molar-refractivity contribution < 1.29 is 9.53 Å². The summed E-state index contributed by atoms with van der Waals surface area (Å²) in [5, 5.41) is 21.8. The molecule has 2 aromatic rings. The minimum atomic E-state index is -0.00509. The van der Waals surface area contributed by atoms with Crippen molar-refractivity contribution in [2.24, 2.45) is 0 Å². The normalized spacial score (nSPS) is 14.1. The Kier molecular flexibility index (Phi) is 8.59. The number of nitriles is 1. The fourth-order valence-electron chi connectivity index (χ4n) is 3.73. The number of hydrogen-bond acceptors (Lipinski definition) is 7. The number of carbonyl (C=O) groups is 1. The number of rotatable bonds is 10. The monoisotopic (exact) mass is 442 g/mol. The lowest BCUT2D eigenvalue weighted by atomic mass is 9.95. The van der Waals surface area contributed by atoms with E-state index in [1.165, 1.54) is 31.0 Å². The SMILES string of the molecule is COc1cccc(NCc2nnc(SCC(=O)N(C)CCC#N)n2C2CCCCC2)c1. The fraction of sp³-hybridized carbons (Fsp3) is 0.545. The summed E-state index contributed by atoms with van der Waals surface area (Å²) in [5.74, 6) is 1.96. The van der Waals surface area contributed by atoms with Gasteiger partial charge in [0.1, 0.15) is 5.75 Å². The average molecular weight is 443 g/mol. The molecule has 166 valence electrons. The van der Waals surface area contributed by atoms with Gasteiger partial charge in [-0.15, -0.1) is 10.2 Å². The predicted molar refractivity (Wildman–Crippen MR) is 121 cm³/mol. The second kappa shape index (κ2) is 11.6. The van der Waals surface area contributed by atoms with E-state index in [0.29, 0.717) is 25.6 Å². The summed E-state index contributed by atoms with van der Waals surface area (Å²) in [4.78, 5) is 14.0. The number of benzene rings is 1. The third-order valence-corrected chi connectivity index (χ3v) is 6.43. The third-order valence-electron chi connectivity index (χ3n) is 5.50. The van der Waals surface area contributed by atoms with E-state index in [4.69, 9.17) is 10.00 Å². The average Bonchev–Trinajstić information content (AvgIpc) is 3.23. The van der Waals surface area contributed by atoms with Gasteiger partial charge in [0, 0.05) is 31.4 Å². The molecule has 0 saturated heterocycles. The van der Waals surface area contributed by atoms with Gasteiger partial charge in [0.05, 0.1) is 31.9 Å². The maximum absolute atomic E-state index is 12.4. The van der Waals surface area contributed by atoms with Gasteiger partial charge in [-0.1, -0.05) is 37.1 Å². The molecule has 1 aliphatic rings. The Bertz CT molecular complexity index is 904. The molecule has 1 heterocycles. The minimum Gasteiger partial charge on any atom is -0.497 e. The Morgan fingerprint density at radius 3 is 2.90 bits per heavy atom. The smallest absolute Gasteiger partial charge is 0.232 e. The molecule has 1 aromatic carbocycles. The number of methoxy groups -OCH3 is 1. The van der Waals surface area contributed by atoms with E-state index in [1.54, 1.807) is 19.1 Å². The van der Waals surface area contributed by atoms with Crippen molar-refractivity contribution in [3.05, 3.63) is 30.1 Å². The third kappa shape index (κ3) is 6.37. The van der Waals surface area contributed by atoms with Crippen LogP contribution in [0.25, 0.3) is 0 Å². The van der Waals surface area contributed by atoms with Crippen molar-refractivity contribution >= 4 is 23.4 Å². The van der Waals surface area contributed by atoms with E-state index in [2.05, 4.69) is 26.2 Å². The summed E-state index contributed by atoms with van der Waals surface area (Å²) in [7, 11) is 3.39. The van der Waals surface area contributed by atoms with Crippen LogP contribution < -0.4 is 10.1 Å². The molecule has 0 aliphatic heterocycles. The van der Waals surface area contributed by atoms with Crippen LogP contribution in [0.3, 0.4) is 0 Å². The first kappa shape index (κ1) is 22.9. The van der Waals surface area contributed by atoms with Crippen LogP contribution in [0, 0.1) is 11.3 Å². The van der Waals surface area contributed by atoms with Crippen molar-refractivity contribution in [3.8, 4) is 11.8 Å². The summed E-state index contributed by atoms with van der Waals surface area (Å²) in [6.45, 7) is 0.994. The first-order valence-electron chi connectivity index (χ1n) is 10.7. The minimum absolute atomic E-state index is 0.00509. The van der Waals surface area contributed by atoms with Crippen LogP contribution in [0.15, 0.2) is 29.4 Å². The summed E-state index contributed by atoms with van der Waals surface area (Å²) in [6, 6.07) is 10.2. The Morgan fingerprint density at radius 1 is 1.35 bits per heavy atom. The van der Waals surface area contributed by atoms with Crippen molar-refractivity contribution in [1.29, 1.82) is 5.26 Å². The number of ether oxygens (including phenoxy) is 1. The molecule has 1 aromatic heterocycles. The van der Waals surface area contributed by atoms with Crippen LogP contribution in [0.4, 0.5) is 5.69 Å². The van der Waals surface area contributed by atoms with E-state index in [0.717, 1.165) is 35.3 Å². The highest BCUT2D eigenvalue weighted by Gasteiger charge is 2.23. The van der Waals surface area contributed by atoms with Crippen molar-refractivity contribution in [3.63, 3.8) is 0 Å². The molecule has 1 fully saturated rings. The number of aromatic nitrogens is 3. The van der Waals surface area contributed by atoms with Gasteiger partial charge in [0.2, 0.25) is 5.91 Å². The molecule has 1 aliphatic carbocycles. The molecule has 31 heavy (non-hydrogen) atoms. The van der Waals surface area contributed by atoms with E-state index in [1.807, 2.05) is 24.3 Å². The Morgan fingerprint density at radius 2 is 2.16 bits per heavy atom. The largest absolute Gasteiger partial charge is 0.497 e. The zero-order chi connectivity index (χ0) is 22.1. The van der Waals surface area contributed by atoms with Crippen LogP contribution >= 0.6 is 11.8 Å². The maximum Gasteiger partial charge on any atom is 0.232 e. The van der Waals surface area contributed by atoms with Crippen LogP contribution in [-0.2, 0) is 11.3 Å². The molecule has 1 N–H and O–H groups in total. The first-order valence-corrected chi connectivity index (χ1v) is 11.7. The Labute approximate surface area is 188 Å². The molecule has 0 radical (unpaired) electrons. The summed E-state index contributed by atoms with van der Waals surface area (Å²) < 4.78 is 7.52. The van der Waals surface area contributed by atoms with Gasteiger partial charge in [0.15, 0.2) is 11.0 Å². The molecule has 0 atom stereocenters. The molecule has 1 amide bonds. The topological polar surface area (TPSA) is 96.1 Å². The summed E-state index contributed by atoms with van der Waals surface area (Å²) >= 11 is 1.43. The summed E-state index contributed by atoms with van der Waals surface area (Å²) in [6.07, 6.45) is 6.21. The zero-order valence-electron chi connectivity index (χ0n) is 18.2. The lowest BCUT2D eigenvalue weighted by molar-refractivity contribution is -0.127. The highest BCUT2D eigenvalue weighted by Crippen LogP contribution is 2.33. The molecular formula is C22H30N6O2S. The van der Waals surface area contributed by atoms with Gasteiger partial charge in [-0.05, 0) is 25.0 Å². The Balaban J connectivity index is 1.71. The Hall–Kier alpha value is -2.73. The van der Waals surface area contributed by atoms with Gasteiger partial charge in [-0.25, -0.2) is 0 Å². The van der Waals surface area contributed by atoms with E-state index in [9.17, 15) is 4.79 Å². The molecule has 0 bridgehead atoms. The number of carbonyl (C=O) groups excluding carboxylic acids is 1. The molecule has 0 unspecified atom stereocenters. The van der Waals surface area contributed by atoms with Crippen LogP contribution in [0.1, 0.15) is 50.4 Å². The number of nitrogens with zero attached hydrogens (tertiary/aromatic N) is 5. The van der Waals surface area contributed by atoms with Gasteiger partial charge in [0.25, 0.3) is 0 Å². The van der Waals surface area contributed by atoms with Gasteiger partial charge >= 0.3 is 0 Å². The lowest BCUT2D eigenvalue weighted by Crippen LogP contribution is -2.29. The number of thioether (sulfide) groups is 1. The number of nitrogens with one attached hydrogen (secondary N) is 1. The molecule has 0 spiro atoms. The van der Waals surface area contributed by atoms with E-state index in [-0.39, 0.29) is 11.7 Å². The molecule has 3 rings (SSSR count). The highest BCUT2D eigenvalue weighted by atomic mass is 32.2. The van der Waals surface area contributed by atoms with Gasteiger partial charge in [-0.3, -0.25) is 4.79 Å². The molecule has 9 heteroatoms. The van der Waals surface area contributed by atoms with Crippen LogP contribution in [-0.4, -0.2) is 52.0 Å². The van der Waals surface area contributed by atoms with Crippen LogP contribution in [0.5, 0.6) is 5.75 Å². The molecule has 1 saturated carbocycles. The second-order valence-corrected chi connectivity index (χ2v) is 8.60. The van der Waals surface area contributed by atoms with Crippen molar-refractivity contribution in [2.75, 3.05) is 31.8 Å². The fourth-order valence-corrected chi connectivity index (χ4v) is 4.69. The maximum atomic E-state index is 12.4. The number of anilines is 1. The zero-order valence-corrected chi connectivity index (χ0v) is 19.0. The van der Waals surface area contributed by atoms with E-state index < -0.39 is 0 Å². The molecular weight excluding hydrogens is 412 g/mol. The number of amides is 1. The van der Waals surface area contributed by atoms with Gasteiger partial charge < -0.3 is 19.5 Å². The first-order chi connectivity index (χ1) is 15.1. The second-order valence-electron chi connectivity index (χ2n) is 7.66. The van der Waals surface area contributed by atoms with Gasteiger partial charge in [-0.2, -0.15) is 5.26 Å². The number of hydrogen-bond donors (Lipinski definition) is 1. The standard InChI is InChI=1S/C22H30N6O2S/c1-27(13-7-12-23)21(29)16-31-22-26-25-20(28(22)18-9-4-3-5-10-18)15-24-17-8-6-11-19(14-17)30-2/h6,8,11,14,18,24H,3-5,7,9-10,13,15-16H2,1-2H3. The highest BCUT2D eigenvalue weighted by molar-refractivity contribution is 7.99.